The molecule has 28 heavy (non-hydrogen) atoms. The number of carbonyl (C=O) groups excluding carboxylic acids is 1. The molecule has 1 amide bonds. The fourth-order valence-corrected chi connectivity index (χ4v) is 3.21. The van der Waals surface area contributed by atoms with E-state index in [0.29, 0.717) is 30.3 Å². The first kappa shape index (κ1) is 20.0. The summed E-state index contributed by atoms with van der Waals surface area (Å²) in [7, 11) is 0. The normalized spacial score (nSPS) is 11.6. The lowest BCUT2D eigenvalue weighted by Gasteiger charge is -2.28. The Labute approximate surface area is 171 Å². The third kappa shape index (κ3) is 5.37. The third-order valence-electron chi connectivity index (χ3n) is 4.50. The zero-order valence-electron chi connectivity index (χ0n) is 15.9. The fourth-order valence-electron chi connectivity index (χ4n) is 3.02. The van der Waals surface area contributed by atoms with Gasteiger partial charge in [-0.25, -0.2) is 0 Å². The van der Waals surface area contributed by atoms with Crippen LogP contribution < -0.4 is 4.74 Å². The highest BCUT2D eigenvalue weighted by molar-refractivity contribution is 6.32. The molecule has 3 aromatic rings. The van der Waals surface area contributed by atoms with Crippen molar-refractivity contribution in [2.75, 3.05) is 0 Å². The van der Waals surface area contributed by atoms with Crippen molar-refractivity contribution in [1.29, 1.82) is 0 Å². The lowest BCUT2D eigenvalue weighted by atomic mass is 10.1. The highest BCUT2D eigenvalue weighted by Crippen LogP contribution is 2.25. The van der Waals surface area contributed by atoms with Gasteiger partial charge in [0.25, 0.3) is 5.91 Å². The van der Waals surface area contributed by atoms with Crippen molar-refractivity contribution in [2.45, 2.75) is 32.5 Å². The molecule has 0 unspecified atom stereocenters. The van der Waals surface area contributed by atoms with Crippen LogP contribution in [0.5, 0.6) is 5.75 Å². The molecule has 0 heterocycles. The van der Waals surface area contributed by atoms with Crippen molar-refractivity contribution in [3.05, 3.63) is 101 Å². The van der Waals surface area contributed by atoms with Crippen molar-refractivity contribution in [3.63, 3.8) is 0 Å². The standard InChI is InChI=1S/C24H24ClNO2/c1-2-22(28-23-16-10-9-15-21(23)25)24(27)26(17-19-11-5-3-6-12-19)18-20-13-7-4-8-14-20/h3-16,22H,2,17-18H2,1H3/t22-/m0/s1. The number of benzene rings is 3. The molecule has 0 saturated heterocycles. The van der Waals surface area contributed by atoms with Gasteiger partial charge >= 0.3 is 0 Å². The van der Waals surface area contributed by atoms with E-state index in [2.05, 4.69) is 0 Å². The zero-order chi connectivity index (χ0) is 19.8. The number of para-hydroxylation sites is 1. The lowest BCUT2D eigenvalue weighted by molar-refractivity contribution is -0.140. The summed E-state index contributed by atoms with van der Waals surface area (Å²) >= 11 is 6.22. The van der Waals surface area contributed by atoms with Crippen LogP contribution in [0.3, 0.4) is 0 Å². The van der Waals surface area contributed by atoms with Gasteiger partial charge in [-0.05, 0) is 29.7 Å². The smallest absolute Gasteiger partial charge is 0.264 e. The van der Waals surface area contributed by atoms with Crippen molar-refractivity contribution < 1.29 is 9.53 Å². The second-order valence-corrected chi connectivity index (χ2v) is 7.02. The third-order valence-corrected chi connectivity index (χ3v) is 4.81. The Hall–Kier alpha value is -2.78. The minimum absolute atomic E-state index is 0.0462. The molecule has 0 aliphatic carbocycles. The summed E-state index contributed by atoms with van der Waals surface area (Å²) in [4.78, 5) is 15.2. The second-order valence-electron chi connectivity index (χ2n) is 6.61. The Balaban J connectivity index is 1.82. The summed E-state index contributed by atoms with van der Waals surface area (Å²) in [6.45, 7) is 3.00. The number of nitrogens with zero attached hydrogens (tertiary/aromatic N) is 1. The van der Waals surface area contributed by atoms with Crippen LogP contribution in [0.2, 0.25) is 5.02 Å². The van der Waals surface area contributed by atoms with E-state index in [4.69, 9.17) is 16.3 Å². The highest BCUT2D eigenvalue weighted by Gasteiger charge is 2.25. The Morgan fingerprint density at radius 3 is 1.86 bits per heavy atom. The van der Waals surface area contributed by atoms with Crippen molar-refractivity contribution >= 4 is 17.5 Å². The fraction of sp³-hybridized carbons (Fsp3) is 0.208. The molecule has 4 heteroatoms. The predicted molar refractivity (Wildman–Crippen MR) is 113 cm³/mol. The van der Waals surface area contributed by atoms with Crippen LogP contribution in [0.25, 0.3) is 0 Å². The Kier molecular flexibility index (Phi) is 7.10. The number of hydrogen-bond donors (Lipinski definition) is 0. The number of hydrogen-bond acceptors (Lipinski definition) is 2. The average Bonchev–Trinajstić information content (AvgIpc) is 2.74. The van der Waals surface area contributed by atoms with Gasteiger partial charge in [-0.1, -0.05) is 91.3 Å². The van der Waals surface area contributed by atoms with Gasteiger partial charge in [0.2, 0.25) is 0 Å². The minimum Gasteiger partial charge on any atom is -0.479 e. The van der Waals surface area contributed by atoms with Crippen LogP contribution in [-0.2, 0) is 17.9 Å². The average molecular weight is 394 g/mol. The predicted octanol–water partition coefficient (Wildman–Crippen LogP) is 5.73. The number of ether oxygens (including phenoxy) is 1. The molecule has 0 N–H and O–H groups in total. The summed E-state index contributed by atoms with van der Waals surface area (Å²) in [5.74, 6) is 0.485. The van der Waals surface area contributed by atoms with Gasteiger partial charge in [-0.2, -0.15) is 0 Å². The molecule has 3 nitrogen and oxygen atoms in total. The first-order valence-corrected chi connectivity index (χ1v) is 9.83. The van der Waals surface area contributed by atoms with E-state index >= 15 is 0 Å². The molecule has 0 aliphatic rings. The highest BCUT2D eigenvalue weighted by atomic mass is 35.5. The quantitative estimate of drug-likeness (QED) is 0.489. The van der Waals surface area contributed by atoms with E-state index in [9.17, 15) is 4.79 Å². The molecular weight excluding hydrogens is 370 g/mol. The van der Waals surface area contributed by atoms with Crippen LogP contribution in [-0.4, -0.2) is 16.9 Å². The van der Waals surface area contributed by atoms with E-state index in [0.717, 1.165) is 11.1 Å². The van der Waals surface area contributed by atoms with Crippen LogP contribution >= 0.6 is 11.6 Å². The summed E-state index contributed by atoms with van der Waals surface area (Å²) < 4.78 is 5.99. The Morgan fingerprint density at radius 1 is 0.857 bits per heavy atom. The molecule has 0 spiro atoms. The molecule has 0 aromatic heterocycles. The molecule has 0 bridgehead atoms. The molecule has 0 fully saturated rings. The summed E-state index contributed by atoms with van der Waals surface area (Å²) in [5, 5.41) is 0.506. The van der Waals surface area contributed by atoms with Gasteiger partial charge in [0, 0.05) is 13.1 Å². The molecule has 0 saturated carbocycles. The van der Waals surface area contributed by atoms with Crippen molar-refractivity contribution in [2.24, 2.45) is 0 Å². The molecule has 0 radical (unpaired) electrons. The maximum absolute atomic E-state index is 13.4. The maximum Gasteiger partial charge on any atom is 0.264 e. The lowest BCUT2D eigenvalue weighted by Crippen LogP contribution is -2.41. The van der Waals surface area contributed by atoms with Crippen LogP contribution in [0.4, 0.5) is 0 Å². The molecule has 0 aliphatic heterocycles. The summed E-state index contributed by atoms with van der Waals surface area (Å²) in [6, 6.07) is 27.2. The zero-order valence-corrected chi connectivity index (χ0v) is 16.7. The Morgan fingerprint density at radius 2 is 1.36 bits per heavy atom. The van der Waals surface area contributed by atoms with Gasteiger partial charge in [0.1, 0.15) is 5.75 Å². The molecule has 144 valence electrons. The van der Waals surface area contributed by atoms with Gasteiger partial charge in [0.05, 0.1) is 5.02 Å². The van der Waals surface area contributed by atoms with Crippen LogP contribution in [0.15, 0.2) is 84.9 Å². The number of amides is 1. The largest absolute Gasteiger partial charge is 0.479 e. The molecule has 3 aromatic carbocycles. The first-order valence-electron chi connectivity index (χ1n) is 9.45. The van der Waals surface area contributed by atoms with Gasteiger partial charge < -0.3 is 9.64 Å². The Bertz CT molecular complexity index is 842. The SMILES string of the molecule is CC[C@H](Oc1ccccc1Cl)C(=O)N(Cc1ccccc1)Cc1ccccc1. The van der Waals surface area contributed by atoms with E-state index in [-0.39, 0.29) is 5.91 Å². The van der Waals surface area contributed by atoms with Gasteiger partial charge in [-0.3, -0.25) is 4.79 Å². The monoisotopic (exact) mass is 393 g/mol. The van der Waals surface area contributed by atoms with Crippen molar-refractivity contribution in [1.82, 2.24) is 4.90 Å². The number of rotatable bonds is 8. The van der Waals surface area contributed by atoms with Crippen LogP contribution in [0, 0.1) is 0 Å². The first-order chi connectivity index (χ1) is 13.7. The maximum atomic E-state index is 13.4. The van der Waals surface area contributed by atoms with E-state index in [1.165, 1.54) is 0 Å². The van der Waals surface area contributed by atoms with E-state index in [1.54, 1.807) is 12.1 Å². The van der Waals surface area contributed by atoms with E-state index < -0.39 is 6.10 Å². The minimum atomic E-state index is -0.590. The van der Waals surface area contributed by atoms with Crippen LogP contribution in [0.1, 0.15) is 24.5 Å². The number of carbonyl (C=O) groups is 1. The van der Waals surface area contributed by atoms with Gasteiger partial charge in [-0.15, -0.1) is 0 Å². The topological polar surface area (TPSA) is 29.5 Å². The molecule has 3 rings (SSSR count). The molecule has 1 atom stereocenters. The molecular formula is C24H24ClNO2. The van der Waals surface area contributed by atoms with E-state index in [1.807, 2.05) is 84.6 Å². The number of halogens is 1. The van der Waals surface area contributed by atoms with Gasteiger partial charge in [0.15, 0.2) is 6.10 Å². The van der Waals surface area contributed by atoms with Crippen molar-refractivity contribution in [3.8, 4) is 5.75 Å². The second kappa shape index (κ2) is 9.95. The summed E-state index contributed by atoms with van der Waals surface area (Å²) in [5.41, 5.74) is 2.17. The summed E-state index contributed by atoms with van der Waals surface area (Å²) in [6.07, 6.45) is -0.0308.